The highest BCUT2D eigenvalue weighted by Crippen LogP contribution is 2.09. The monoisotopic (exact) mass is 237 g/mol. The predicted molar refractivity (Wildman–Crippen MR) is 68.6 cm³/mol. The van der Waals surface area contributed by atoms with Gasteiger partial charge in [-0.3, -0.25) is 0 Å². The Bertz CT molecular complexity index is 624. The molecule has 0 spiro atoms. The van der Waals surface area contributed by atoms with Crippen molar-refractivity contribution < 1.29 is 0 Å². The molecule has 2 rings (SSSR count). The summed E-state index contributed by atoms with van der Waals surface area (Å²) in [6.45, 7) is 0. The maximum atomic E-state index is 8.76. The molecule has 0 aliphatic heterocycles. The summed E-state index contributed by atoms with van der Waals surface area (Å²) in [6, 6.07) is 16.6. The van der Waals surface area contributed by atoms with Crippen LogP contribution in [0.4, 0.5) is 0 Å². The van der Waals surface area contributed by atoms with Gasteiger partial charge in [-0.05, 0) is 42.5 Å². The van der Waals surface area contributed by atoms with Crippen molar-refractivity contribution in [3.8, 4) is 17.9 Å². The quantitative estimate of drug-likeness (QED) is 0.642. The molecule has 0 saturated heterocycles. The van der Waals surface area contributed by atoms with Crippen molar-refractivity contribution >= 4 is 11.6 Å². The van der Waals surface area contributed by atoms with Gasteiger partial charge in [0.15, 0.2) is 0 Å². The first-order valence-electron chi connectivity index (χ1n) is 5.06. The summed E-state index contributed by atoms with van der Waals surface area (Å²) in [7, 11) is 0. The van der Waals surface area contributed by atoms with Gasteiger partial charge in [0, 0.05) is 16.1 Å². The van der Waals surface area contributed by atoms with Crippen LogP contribution in [0.5, 0.6) is 0 Å². The molecule has 80 valence electrons. The minimum atomic E-state index is 0.618. The molecule has 2 heteroatoms. The molecule has 0 saturated carbocycles. The molecular formula is C15H8ClN. The number of rotatable bonds is 0. The van der Waals surface area contributed by atoms with E-state index in [2.05, 4.69) is 17.9 Å². The van der Waals surface area contributed by atoms with Crippen LogP contribution in [0.15, 0.2) is 48.5 Å². The Kier molecular flexibility index (Phi) is 3.46. The van der Waals surface area contributed by atoms with Gasteiger partial charge in [-0.1, -0.05) is 29.5 Å². The molecule has 1 nitrogen and oxygen atoms in total. The van der Waals surface area contributed by atoms with Crippen molar-refractivity contribution in [2.24, 2.45) is 0 Å². The van der Waals surface area contributed by atoms with Gasteiger partial charge in [-0.2, -0.15) is 5.26 Å². The number of halogens is 1. The number of hydrogen-bond donors (Lipinski definition) is 0. The van der Waals surface area contributed by atoms with Crippen molar-refractivity contribution in [3.05, 3.63) is 70.2 Å². The van der Waals surface area contributed by atoms with E-state index in [0.29, 0.717) is 10.6 Å². The highest BCUT2D eigenvalue weighted by molar-refractivity contribution is 6.30. The van der Waals surface area contributed by atoms with Crippen LogP contribution in [0.1, 0.15) is 16.7 Å². The molecule has 0 amide bonds. The topological polar surface area (TPSA) is 23.8 Å². The fourth-order valence-electron chi connectivity index (χ4n) is 1.34. The number of benzene rings is 2. The zero-order valence-electron chi connectivity index (χ0n) is 8.94. The smallest absolute Gasteiger partial charge is 0.0992 e. The van der Waals surface area contributed by atoms with E-state index in [1.54, 1.807) is 24.3 Å². The molecule has 0 unspecified atom stereocenters. The molecule has 17 heavy (non-hydrogen) atoms. The Balaban J connectivity index is 2.27. The van der Waals surface area contributed by atoms with E-state index in [0.717, 1.165) is 11.1 Å². The van der Waals surface area contributed by atoms with Gasteiger partial charge in [-0.15, -0.1) is 0 Å². The lowest BCUT2D eigenvalue weighted by atomic mass is 10.1. The van der Waals surface area contributed by atoms with Crippen molar-refractivity contribution in [1.82, 2.24) is 0 Å². The van der Waals surface area contributed by atoms with Crippen molar-refractivity contribution in [1.29, 1.82) is 5.26 Å². The average molecular weight is 238 g/mol. The molecule has 2 aromatic carbocycles. The van der Waals surface area contributed by atoms with E-state index in [4.69, 9.17) is 16.9 Å². The highest BCUT2D eigenvalue weighted by atomic mass is 35.5. The molecule has 0 aromatic heterocycles. The molecule has 0 atom stereocenters. The van der Waals surface area contributed by atoms with Gasteiger partial charge in [0.1, 0.15) is 0 Å². The second-order valence-corrected chi connectivity index (χ2v) is 3.89. The third-order valence-electron chi connectivity index (χ3n) is 2.19. The maximum Gasteiger partial charge on any atom is 0.0992 e. The first-order valence-corrected chi connectivity index (χ1v) is 5.43. The largest absolute Gasteiger partial charge is 0.192 e. The Labute approximate surface area is 105 Å². The molecule has 0 N–H and O–H groups in total. The maximum absolute atomic E-state index is 8.76. The van der Waals surface area contributed by atoms with Gasteiger partial charge in [0.25, 0.3) is 0 Å². The first kappa shape index (κ1) is 11.3. The van der Waals surface area contributed by atoms with Crippen LogP contribution >= 0.6 is 11.6 Å². The van der Waals surface area contributed by atoms with Crippen LogP contribution < -0.4 is 0 Å². The van der Waals surface area contributed by atoms with E-state index in [-0.39, 0.29) is 0 Å². The van der Waals surface area contributed by atoms with Gasteiger partial charge in [-0.25, -0.2) is 0 Å². The molecule has 0 radical (unpaired) electrons. The lowest BCUT2D eigenvalue weighted by molar-refractivity contribution is 1.48. The van der Waals surface area contributed by atoms with Crippen LogP contribution in [0, 0.1) is 23.2 Å². The number of hydrogen-bond acceptors (Lipinski definition) is 1. The zero-order valence-corrected chi connectivity index (χ0v) is 9.70. The van der Waals surface area contributed by atoms with E-state index < -0.39 is 0 Å². The Morgan fingerprint density at radius 1 is 0.824 bits per heavy atom. The average Bonchev–Trinajstić information content (AvgIpc) is 2.38. The minimum absolute atomic E-state index is 0.618. The molecule has 0 fully saturated rings. The molecule has 0 aliphatic carbocycles. The summed E-state index contributed by atoms with van der Waals surface area (Å²) in [4.78, 5) is 0. The van der Waals surface area contributed by atoms with E-state index in [9.17, 15) is 0 Å². The van der Waals surface area contributed by atoms with E-state index in [1.807, 2.05) is 24.3 Å². The van der Waals surface area contributed by atoms with E-state index >= 15 is 0 Å². The fraction of sp³-hybridized carbons (Fsp3) is 0. The van der Waals surface area contributed by atoms with Gasteiger partial charge in [0.2, 0.25) is 0 Å². The summed E-state index contributed by atoms with van der Waals surface area (Å²) >= 11 is 5.78. The molecule has 0 heterocycles. The van der Waals surface area contributed by atoms with Crippen molar-refractivity contribution in [2.75, 3.05) is 0 Å². The lowest BCUT2D eigenvalue weighted by Gasteiger charge is -1.92. The highest BCUT2D eigenvalue weighted by Gasteiger charge is 1.91. The Hall–Kier alpha value is -2.22. The summed E-state index contributed by atoms with van der Waals surface area (Å²) in [5.74, 6) is 6.03. The normalized spacial score (nSPS) is 8.94. The predicted octanol–water partition coefficient (Wildman–Crippen LogP) is 3.61. The van der Waals surface area contributed by atoms with Crippen LogP contribution in [0.2, 0.25) is 5.02 Å². The molecular weight excluding hydrogens is 230 g/mol. The first-order chi connectivity index (χ1) is 8.28. The van der Waals surface area contributed by atoms with Gasteiger partial charge < -0.3 is 0 Å². The van der Waals surface area contributed by atoms with Crippen molar-refractivity contribution in [3.63, 3.8) is 0 Å². The standard InChI is InChI=1S/C15H8ClN/c16-15-8-6-12(7-9-15)4-5-13-2-1-3-14(10-13)11-17/h1-3,6-10H. The summed E-state index contributed by atoms with van der Waals surface area (Å²) in [5, 5.41) is 9.46. The lowest BCUT2D eigenvalue weighted by Crippen LogP contribution is -1.78. The third kappa shape index (κ3) is 3.11. The second kappa shape index (κ2) is 5.21. The molecule has 2 aromatic rings. The molecule has 0 aliphatic rings. The summed E-state index contributed by atoms with van der Waals surface area (Å²) in [5.41, 5.74) is 2.35. The summed E-state index contributed by atoms with van der Waals surface area (Å²) < 4.78 is 0. The van der Waals surface area contributed by atoms with Crippen LogP contribution in [0.25, 0.3) is 0 Å². The Morgan fingerprint density at radius 3 is 2.18 bits per heavy atom. The van der Waals surface area contributed by atoms with Crippen LogP contribution in [0.3, 0.4) is 0 Å². The summed E-state index contributed by atoms with van der Waals surface area (Å²) in [6.07, 6.45) is 0. The van der Waals surface area contributed by atoms with Crippen LogP contribution in [-0.4, -0.2) is 0 Å². The molecule has 0 bridgehead atoms. The third-order valence-corrected chi connectivity index (χ3v) is 2.44. The van der Waals surface area contributed by atoms with E-state index in [1.165, 1.54) is 0 Å². The fourth-order valence-corrected chi connectivity index (χ4v) is 1.47. The number of nitriles is 1. The van der Waals surface area contributed by atoms with Gasteiger partial charge >= 0.3 is 0 Å². The van der Waals surface area contributed by atoms with Crippen molar-refractivity contribution in [2.45, 2.75) is 0 Å². The number of nitrogens with zero attached hydrogens (tertiary/aromatic N) is 1. The SMILES string of the molecule is N#Cc1cccc(C#Cc2ccc(Cl)cc2)c1. The second-order valence-electron chi connectivity index (χ2n) is 3.45. The minimum Gasteiger partial charge on any atom is -0.192 e. The zero-order chi connectivity index (χ0) is 12.1. The Morgan fingerprint density at radius 2 is 1.47 bits per heavy atom. The van der Waals surface area contributed by atoms with Gasteiger partial charge in [0.05, 0.1) is 11.6 Å². The van der Waals surface area contributed by atoms with Crippen LogP contribution in [-0.2, 0) is 0 Å².